The number of sulfonamides is 1. The molecule has 2 rings (SSSR count). The van der Waals surface area contributed by atoms with Gasteiger partial charge in [-0.1, -0.05) is 13.8 Å². The molecule has 8 nitrogen and oxygen atoms in total. The third kappa shape index (κ3) is 5.32. The summed E-state index contributed by atoms with van der Waals surface area (Å²) in [5.74, 6) is -0.852. The zero-order valence-corrected chi connectivity index (χ0v) is 17.3. The van der Waals surface area contributed by atoms with Gasteiger partial charge >= 0.3 is 11.9 Å². The van der Waals surface area contributed by atoms with Gasteiger partial charge in [0.05, 0.1) is 25.2 Å². The Bertz CT molecular complexity index is 838. The van der Waals surface area contributed by atoms with E-state index in [-0.39, 0.29) is 10.6 Å². The molecule has 9 heteroatoms. The lowest BCUT2D eigenvalue weighted by atomic mass is 9.94. The predicted octanol–water partition coefficient (Wildman–Crippen LogP) is 1.99. The number of carbonyl (C=O) groups is 2. The van der Waals surface area contributed by atoms with E-state index < -0.39 is 22.0 Å². The maximum absolute atomic E-state index is 12.9. The highest BCUT2D eigenvalue weighted by Crippen LogP contribution is 2.27. The molecule has 0 amide bonds. The van der Waals surface area contributed by atoms with Crippen molar-refractivity contribution in [2.75, 3.05) is 32.6 Å². The molecule has 0 aromatic heterocycles. The van der Waals surface area contributed by atoms with E-state index in [1.165, 1.54) is 42.8 Å². The summed E-state index contributed by atoms with van der Waals surface area (Å²) in [6, 6.07) is 5.98. The molecule has 2 atom stereocenters. The summed E-state index contributed by atoms with van der Waals surface area (Å²) in [6.45, 7) is 5.10. The Kier molecular flexibility index (Phi) is 7.20. The van der Waals surface area contributed by atoms with Gasteiger partial charge in [-0.15, -0.1) is 0 Å². The molecule has 1 aromatic rings. The Morgan fingerprint density at radius 1 is 1.07 bits per heavy atom. The Morgan fingerprint density at radius 2 is 1.64 bits per heavy atom. The van der Waals surface area contributed by atoms with Crippen LogP contribution < -0.4 is 5.32 Å². The molecular weight excluding hydrogens is 384 g/mol. The van der Waals surface area contributed by atoms with Crippen molar-refractivity contribution >= 4 is 27.6 Å². The van der Waals surface area contributed by atoms with E-state index in [4.69, 9.17) is 0 Å². The third-order valence-electron chi connectivity index (χ3n) is 4.48. The molecule has 0 radical (unpaired) electrons. The number of esters is 2. The minimum Gasteiger partial charge on any atom is -0.466 e. The molecule has 1 heterocycles. The lowest BCUT2D eigenvalue weighted by Crippen LogP contribution is -2.42. The highest BCUT2D eigenvalue weighted by atomic mass is 32.2. The summed E-state index contributed by atoms with van der Waals surface area (Å²) in [5.41, 5.74) is 0.309. The van der Waals surface area contributed by atoms with E-state index in [2.05, 4.69) is 14.8 Å². The van der Waals surface area contributed by atoms with Gasteiger partial charge in [0.15, 0.2) is 0 Å². The summed E-state index contributed by atoms with van der Waals surface area (Å²) in [5, 5.41) is 2.74. The van der Waals surface area contributed by atoms with Crippen molar-refractivity contribution in [1.82, 2.24) is 4.31 Å². The number of benzene rings is 1. The molecule has 1 aromatic carbocycles. The van der Waals surface area contributed by atoms with E-state index in [9.17, 15) is 18.0 Å². The topological polar surface area (TPSA) is 102 Å². The summed E-state index contributed by atoms with van der Waals surface area (Å²) in [7, 11) is -1.22. The second-order valence-corrected chi connectivity index (χ2v) is 8.93. The third-order valence-corrected chi connectivity index (χ3v) is 6.32. The number of nitrogens with one attached hydrogen (secondary N) is 1. The maximum atomic E-state index is 12.9. The lowest BCUT2D eigenvalue weighted by Gasteiger charge is -2.34. The number of rotatable bonds is 6. The minimum atomic E-state index is -3.59. The largest absolute Gasteiger partial charge is 0.466 e. The number of anilines is 1. The van der Waals surface area contributed by atoms with E-state index in [0.717, 1.165) is 12.5 Å². The highest BCUT2D eigenvalue weighted by Gasteiger charge is 2.31. The molecule has 0 spiro atoms. The maximum Gasteiger partial charge on any atom is 0.354 e. The van der Waals surface area contributed by atoms with Gasteiger partial charge in [-0.3, -0.25) is 0 Å². The molecule has 28 heavy (non-hydrogen) atoms. The number of hydrogen-bond donors (Lipinski definition) is 1. The van der Waals surface area contributed by atoms with Crippen LogP contribution in [0.2, 0.25) is 0 Å². The fourth-order valence-corrected chi connectivity index (χ4v) is 4.93. The number of nitrogens with zero attached hydrogens (tertiary/aromatic N) is 1. The molecule has 0 saturated carbocycles. The van der Waals surface area contributed by atoms with Crippen LogP contribution in [0.3, 0.4) is 0 Å². The standard InChI is InChI=1S/C19H26N2O6S/c1-13-9-14(2)12-21(11-13)28(24,25)16-7-5-15(6-8-16)20-17(19(23)27-4)10-18(22)26-3/h5-8,10,13-14,20H,9,11-12H2,1-4H3/b17-10+. The molecular formula is C19H26N2O6S. The fraction of sp³-hybridized carbons (Fsp3) is 0.474. The zero-order valence-electron chi connectivity index (χ0n) is 16.5. The normalized spacial score (nSPS) is 21.1. The van der Waals surface area contributed by atoms with Crippen molar-refractivity contribution in [3.63, 3.8) is 0 Å². The summed E-state index contributed by atoms with van der Waals surface area (Å²) in [4.78, 5) is 23.4. The Morgan fingerprint density at radius 3 is 2.14 bits per heavy atom. The molecule has 1 saturated heterocycles. The quantitative estimate of drug-likeness (QED) is 0.565. The SMILES string of the molecule is COC(=O)/C=C(/Nc1ccc(S(=O)(=O)N2CC(C)CC(C)C2)cc1)C(=O)OC. The van der Waals surface area contributed by atoms with Crippen LogP contribution >= 0.6 is 0 Å². The first-order valence-electron chi connectivity index (χ1n) is 8.92. The Hall–Kier alpha value is -2.39. The molecule has 1 fully saturated rings. The fourth-order valence-electron chi connectivity index (χ4n) is 3.25. The van der Waals surface area contributed by atoms with E-state index in [0.29, 0.717) is 30.6 Å². The smallest absolute Gasteiger partial charge is 0.354 e. The average Bonchev–Trinajstić information content (AvgIpc) is 2.66. The van der Waals surface area contributed by atoms with Crippen LogP contribution in [0.25, 0.3) is 0 Å². The molecule has 0 aliphatic carbocycles. The number of ether oxygens (including phenoxy) is 2. The van der Waals surface area contributed by atoms with Crippen molar-refractivity contribution in [1.29, 1.82) is 0 Å². The zero-order chi connectivity index (χ0) is 20.9. The van der Waals surface area contributed by atoms with Crippen LogP contribution in [0.5, 0.6) is 0 Å². The molecule has 1 N–H and O–H groups in total. The van der Waals surface area contributed by atoms with E-state index in [1.807, 2.05) is 13.8 Å². The van der Waals surface area contributed by atoms with Gasteiger partial charge < -0.3 is 14.8 Å². The molecule has 0 bridgehead atoms. The monoisotopic (exact) mass is 410 g/mol. The predicted molar refractivity (Wildman–Crippen MR) is 104 cm³/mol. The Balaban J connectivity index is 2.21. The van der Waals surface area contributed by atoms with Crippen molar-refractivity contribution in [2.24, 2.45) is 11.8 Å². The number of piperidine rings is 1. The van der Waals surface area contributed by atoms with Crippen LogP contribution in [0, 0.1) is 11.8 Å². The van der Waals surface area contributed by atoms with Gasteiger partial charge in [0, 0.05) is 18.8 Å². The van der Waals surface area contributed by atoms with Crippen molar-refractivity contribution in [3.8, 4) is 0 Å². The first-order valence-corrected chi connectivity index (χ1v) is 10.4. The minimum absolute atomic E-state index is 0.122. The van der Waals surface area contributed by atoms with Crippen LogP contribution in [0.1, 0.15) is 20.3 Å². The van der Waals surface area contributed by atoms with E-state index in [1.54, 1.807) is 0 Å². The lowest BCUT2D eigenvalue weighted by molar-refractivity contribution is -0.138. The van der Waals surface area contributed by atoms with Crippen LogP contribution in [-0.4, -0.2) is 52.0 Å². The summed E-state index contributed by atoms with van der Waals surface area (Å²) < 4.78 is 36.5. The molecule has 2 unspecified atom stereocenters. The number of methoxy groups -OCH3 is 2. The molecule has 154 valence electrons. The summed E-state index contributed by atoms with van der Waals surface area (Å²) in [6.07, 6.45) is 1.98. The van der Waals surface area contributed by atoms with Gasteiger partial charge in [-0.2, -0.15) is 4.31 Å². The van der Waals surface area contributed by atoms with Gasteiger partial charge in [0.1, 0.15) is 5.70 Å². The first-order chi connectivity index (χ1) is 13.2. The van der Waals surface area contributed by atoms with Gasteiger partial charge in [0.2, 0.25) is 10.0 Å². The highest BCUT2D eigenvalue weighted by molar-refractivity contribution is 7.89. The van der Waals surface area contributed by atoms with Crippen LogP contribution in [0.4, 0.5) is 5.69 Å². The van der Waals surface area contributed by atoms with Gasteiger partial charge in [0.25, 0.3) is 0 Å². The molecule has 1 aliphatic heterocycles. The van der Waals surface area contributed by atoms with Crippen molar-refractivity contribution < 1.29 is 27.5 Å². The van der Waals surface area contributed by atoms with Crippen LogP contribution in [0.15, 0.2) is 40.9 Å². The van der Waals surface area contributed by atoms with Gasteiger partial charge in [-0.05, 0) is 42.5 Å². The number of hydrogen-bond acceptors (Lipinski definition) is 7. The van der Waals surface area contributed by atoms with E-state index >= 15 is 0 Å². The number of carbonyl (C=O) groups excluding carboxylic acids is 2. The second-order valence-electron chi connectivity index (χ2n) is 6.99. The Labute approximate surface area is 165 Å². The molecule has 1 aliphatic rings. The van der Waals surface area contributed by atoms with Crippen molar-refractivity contribution in [2.45, 2.75) is 25.2 Å². The van der Waals surface area contributed by atoms with Crippen LogP contribution in [-0.2, 0) is 29.1 Å². The average molecular weight is 410 g/mol. The second kappa shape index (κ2) is 9.20. The van der Waals surface area contributed by atoms with Crippen molar-refractivity contribution in [3.05, 3.63) is 36.0 Å². The van der Waals surface area contributed by atoms with Gasteiger partial charge in [-0.25, -0.2) is 18.0 Å². The first kappa shape index (κ1) is 21.9. The summed E-state index contributed by atoms with van der Waals surface area (Å²) >= 11 is 0.